The molecule has 3 heteroatoms. The third-order valence-corrected chi connectivity index (χ3v) is 2.12. The zero-order valence-electron chi connectivity index (χ0n) is 8.81. The molecule has 1 aliphatic heterocycles. The van der Waals surface area contributed by atoms with Gasteiger partial charge in [0.1, 0.15) is 0 Å². The van der Waals surface area contributed by atoms with Gasteiger partial charge in [-0.05, 0) is 18.4 Å². The smallest absolute Gasteiger partial charge is 0.220 e. The molecule has 76 valence electrons. The maximum Gasteiger partial charge on any atom is 0.220 e. The Hall–Kier alpha value is -0.570. The van der Waals surface area contributed by atoms with Crippen LogP contribution in [0.25, 0.3) is 0 Å². The van der Waals surface area contributed by atoms with Crippen LogP contribution in [0, 0.1) is 5.41 Å². The van der Waals surface area contributed by atoms with E-state index in [9.17, 15) is 4.79 Å². The Kier molecular flexibility index (Phi) is 3.31. The zero-order chi connectivity index (χ0) is 9.90. The first-order chi connectivity index (χ1) is 5.97. The van der Waals surface area contributed by atoms with Crippen molar-refractivity contribution >= 4 is 5.91 Å². The van der Waals surface area contributed by atoms with Gasteiger partial charge in [0.2, 0.25) is 5.91 Å². The molecule has 0 aromatic heterocycles. The number of carbonyl (C=O) groups is 1. The van der Waals surface area contributed by atoms with Crippen LogP contribution in [0.2, 0.25) is 0 Å². The van der Waals surface area contributed by atoms with Crippen molar-refractivity contribution in [2.75, 3.05) is 13.1 Å². The number of amides is 1. The second-order valence-corrected chi connectivity index (χ2v) is 4.99. The molecule has 1 fully saturated rings. The molecule has 0 unspecified atom stereocenters. The Morgan fingerprint density at radius 2 is 2.23 bits per heavy atom. The Bertz CT molecular complexity index is 178. The molecule has 0 aliphatic carbocycles. The highest BCUT2D eigenvalue weighted by Crippen LogP contribution is 2.18. The van der Waals surface area contributed by atoms with Crippen LogP contribution in [0.1, 0.15) is 33.6 Å². The summed E-state index contributed by atoms with van der Waals surface area (Å²) in [6.45, 7) is 8.20. The van der Waals surface area contributed by atoms with Crippen LogP contribution in [0.4, 0.5) is 0 Å². The minimum absolute atomic E-state index is 0.0934. The van der Waals surface area contributed by atoms with Crippen LogP contribution < -0.4 is 10.6 Å². The van der Waals surface area contributed by atoms with Crippen molar-refractivity contribution < 1.29 is 4.79 Å². The highest BCUT2D eigenvalue weighted by atomic mass is 16.1. The lowest BCUT2D eigenvalue weighted by Gasteiger charge is -2.19. The van der Waals surface area contributed by atoms with Gasteiger partial charge in [0.15, 0.2) is 0 Å². The molecule has 0 radical (unpaired) electrons. The number of rotatable bonds is 2. The van der Waals surface area contributed by atoms with E-state index in [1.54, 1.807) is 0 Å². The first-order valence-corrected chi connectivity index (χ1v) is 4.97. The first-order valence-electron chi connectivity index (χ1n) is 4.97. The first kappa shape index (κ1) is 10.5. The Balaban J connectivity index is 2.24. The summed E-state index contributed by atoms with van der Waals surface area (Å²) in [5.41, 5.74) is 0.0934. The molecule has 1 amide bonds. The number of hydrogen-bond acceptors (Lipinski definition) is 2. The summed E-state index contributed by atoms with van der Waals surface area (Å²) in [7, 11) is 0. The fourth-order valence-electron chi connectivity index (χ4n) is 1.54. The van der Waals surface area contributed by atoms with Crippen LogP contribution >= 0.6 is 0 Å². The molecular formula is C10H20N2O. The Morgan fingerprint density at radius 3 is 2.69 bits per heavy atom. The summed E-state index contributed by atoms with van der Waals surface area (Å²) >= 11 is 0. The minimum atomic E-state index is 0.0934. The largest absolute Gasteiger partial charge is 0.352 e. The lowest BCUT2D eigenvalue weighted by molar-refractivity contribution is -0.123. The van der Waals surface area contributed by atoms with Crippen LogP contribution in [0.5, 0.6) is 0 Å². The molecule has 0 aromatic rings. The topological polar surface area (TPSA) is 41.1 Å². The highest BCUT2D eigenvalue weighted by Gasteiger charge is 2.20. The van der Waals surface area contributed by atoms with Gasteiger partial charge in [0.05, 0.1) is 0 Å². The van der Waals surface area contributed by atoms with Gasteiger partial charge >= 0.3 is 0 Å². The molecule has 2 N–H and O–H groups in total. The van der Waals surface area contributed by atoms with Gasteiger partial charge in [-0.15, -0.1) is 0 Å². The van der Waals surface area contributed by atoms with Crippen LogP contribution in [-0.4, -0.2) is 25.0 Å². The number of hydrogen-bond donors (Lipinski definition) is 2. The van der Waals surface area contributed by atoms with E-state index in [4.69, 9.17) is 0 Å². The molecule has 1 aliphatic rings. The molecule has 13 heavy (non-hydrogen) atoms. The molecule has 3 nitrogen and oxygen atoms in total. The van der Waals surface area contributed by atoms with Crippen LogP contribution in [0.15, 0.2) is 0 Å². The van der Waals surface area contributed by atoms with Crippen molar-refractivity contribution in [2.24, 2.45) is 5.41 Å². The number of carbonyl (C=O) groups excluding carboxylic acids is 1. The number of nitrogens with one attached hydrogen (secondary N) is 2. The van der Waals surface area contributed by atoms with E-state index in [2.05, 4.69) is 31.4 Å². The molecule has 0 saturated carbocycles. The second kappa shape index (κ2) is 4.09. The van der Waals surface area contributed by atoms with E-state index in [0.29, 0.717) is 12.5 Å². The van der Waals surface area contributed by atoms with Crippen LogP contribution in [0.3, 0.4) is 0 Å². The highest BCUT2D eigenvalue weighted by molar-refractivity contribution is 5.76. The molecule has 1 heterocycles. The molecule has 1 saturated heterocycles. The Morgan fingerprint density at radius 1 is 1.54 bits per heavy atom. The van der Waals surface area contributed by atoms with Crippen LogP contribution in [-0.2, 0) is 4.79 Å². The summed E-state index contributed by atoms with van der Waals surface area (Å²) in [6.07, 6.45) is 1.68. The monoisotopic (exact) mass is 184 g/mol. The van der Waals surface area contributed by atoms with Gasteiger partial charge in [-0.2, -0.15) is 0 Å². The third-order valence-electron chi connectivity index (χ3n) is 2.12. The molecule has 0 spiro atoms. The maximum absolute atomic E-state index is 11.5. The third kappa shape index (κ3) is 4.27. The Labute approximate surface area is 80.3 Å². The van der Waals surface area contributed by atoms with Crippen molar-refractivity contribution in [3.63, 3.8) is 0 Å². The quantitative estimate of drug-likeness (QED) is 0.669. The van der Waals surface area contributed by atoms with Gasteiger partial charge < -0.3 is 10.6 Å². The zero-order valence-corrected chi connectivity index (χ0v) is 8.81. The van der Waals surface area contributed by atoms with E-state index >= 15 is 0 Å². The second-order valence-electron chi connectivity index (χ2n) is 4.99. The predicted octanol–water partition coefficient (Wildman–Crippen LogP) is 0.901. The molecule has 0 aromatic carbocycles. The average Bonchev–Trinajstić information content (AvgIpc) is 2.34. The van der Waals surface area contributed by atoms with Crippen molar-refractivity contribution in [1.29, 1.82) is 0 Å². The van der Waals surface area contributed by atoms with E-state index in [1.165, 1.54) is 0 Å². The van der Waals surface area contributed by atoms with E-state index in [0.717, 1.165) is 19.5 Å². The van der Waals surface area contributed by atoms with Gasteiger partial charge in [-0.3, -0.25) is 4.79 Å². The van der Waals surface area contributed by atoms with Crippen molar-refractivity contribution in [2.45, 2.75) is 39.7 Å². The van der Waals surface area contributed by atoms with Crippen molar-refractivity contribution in [3.8, 4) is 0 Å². The average molecular weight is 184 g/mol. The summed E-state index contributed by atoms with van der Waals surface area (Å²) in [6, 6.07) is 0.356. The lowest BCUT2D eigenvalue weighted by Crippen LogP contribution is -2.37. The summed E-state index contributed by atoms with van der Waals surface area (Å²) < 4.78 is 0. The summed E-state index contributed by atoms with van der Waals surface area (Å²) in [5.74, 6) is 0.182. The summed E-state index contributed by atoms with van der Waals surface area (Å²) in [4.78, 5) is 11.5. The van der Waals surface area contributed by atoms with Gasteiger partial charge in [0, 0.05) is 19.0 Å². The predicted molar refractivity (Wildman–Crippen MR) is 53.5 cm³/mol. The molecule has 1 rings (SSSR count). The molecular weight excluding hydrogens is 164 g/mol. The van der Waals surface area contributed by atoms with E-state index < -0.39 is 0 Å². The van der Waals surface area contributed by atoms with E-state index in [-0.39, 0.29) is 11.3 Å². The molecule has 1 atom stereocenters. The summed E-state index contributed by atoms with van der Waals surface area (Å²) in [5, 5.41) is 6.26. The van der Waals surface area contributed by atoms with Gasteiger partial charge in [-0.1, -0.05) is 20.8 Å². The van der Waals surface area contributed by atoms with Gasteiger partial charge in [-0.25, -0.2) is 0 Å². The standard InChI is InChI=1S/C10H20N2O/c1-10(2,3)6-9(13)12-8-4-5-11-7-8/h8,11H,4-7H2,1-3H3,(H,12,13)/t8-/m0/s1. The van der Waals surface area contributed by atoms with Crippen molar-refractivity contribution in [3.05, 3.63) is 0 Å². The van der Waals surface area contributed by atoms with E-state index in [1.807, 2.05) is 0 Å². The minimum Gasteiger partial charge on any atom is -0.352 e. The fraction of sp³-hybridized carbons (Fsp3) is 0.900. The fourth-order valence-corrected chi connectivity index (χ4v) is 1.54. The normalized spacial score (nSPS) is 23.2. The maximum atomic E-state index is 11.5. The molecule has 0 bridgehead atoms. The lowest BCUT2D eigenvalue weighted by atomic mass is 9.92. The van der Waals surface area contributed by atoms with Gasteiger partial charge in [0.25, 0.3) is 0 Å². The van der Waals surface area contributed by atoms with Crippen molar-refractivity contribution in [1.82, 2.24) is 10.6 Å². The SMILES string of the molecule is CC(C)(C)CC(=O)N[C@H]1CCNC1.